The maximum Gasteiger partial charge on any atom is 0.129 e. The molecule has 2 unspecified atom stereocenters. The SMILES string of the molecule is COCCN1CCN(CC(O)c2ccccc2F)CC1C. The number of aliphatic hydroxyl groups is 1. The van der Waals surface area contributed by atoms with E-state index >= 15 is 0 Å². The molecule has 0 bridgehead atoms. The van der Waals surface area contributed by atoms with Crippen molar-refractivity contribution in [3.8, 4) is 0 Å². The number of ether oxygens (including phenoxy) is 1. The average Bonchev–Trinajstić information content (AvgIpc) is 2.47. The lowest BCUT2D eigenvalue weighted by Crippen LogP contribution is -2.53. The number of β-amino-alcohol motifs (C(OH)–C–C–N with tert-alkyl or cyclic N) is 1. The molecule has 1 N–H and O–H groups in total. The largest absolute Gasteiger partial charge is 0.387 e. The predicted octanol–water partition coefficient (Wildman–Crippen LogP) is 1.51. The van der Waals surface area contributed by atoms with Gasteiger partial charge in [0.05, 0.1) is 12.7 Å². The zero-order valence-corrected chi connectivity index (χ0v) is 12.8. The lowest BCUT2D eigenvalue weighted by Gasteiger charge is -2.40. The predicted molar refractivity (Wildman–Crippen MR) is 80.7 cm³/mol. The fraction of sp³-hybridized carbons (Fsp3) is 0.625. The Balaban J connectivity index is 1.86. The van der Waals surface area contributed by atoms with E-state index in [1.165, 1.54) is 6.07 Å². The third-order valence-electron chi connectivity index (χ3n) is 4.13. The standard InChI is InChI=1S/C16H25FN2O2/c1-13-11-18(7-8-19(13)9-10-21-2)12-16(20)14-5-3-4-6-15(14)17/h3-6,13,16,20H,7-12H2,1-2H3. The molecule has 4 nitrogen and oxygen atoms in total. The van der Waals surface area contributed by atoms with Crippen molar-refractivity contribution in [3.63, 3.8) is 0 Å². The van der Waals surface area contributed by atoms with E-state index in [1.54, 1.807) is 25.3 Å². The van der Waals surface area contributed by atoms with Gasteiger partial charge in [-0.2, -0.15) is 0 Å². The number of hydrogen-bond acceptors (Lipinski definition) is 4. The van der Waals surface area contributed by atoms with Crippen molar-refractivity contribution in [2.45, 2.75) is 19.1 Å². The first kappa shape index (κ1) is 16.4. The van der Waals surface area contributed by atoms with Gasteiger partial charge in [0.25, 0.3) is 0 Å². The van der Waals surface area contributed by atoms with Crippen LogP contribution in [0, 0.1) is 5.82 Å². The molecule has 0 aromatic heterocycles. The van der Waals surface area contributed by atoms with Crippen LogP contribution < -0.4 is 0 Å². The fourth-order valence-electron chi connectivity index (χ4n) is 2.87. The molecule has 0 radical (unpaired) electrons. The normalized spacial score (nSPS) is 22.4. The van der Waals surface area contributed by atoms with E-state index < -0.39 is 6.10 Å². The van der Waals surface area contributed by atoms with Gasteiger partial charge in [-0.25, -0.2) is 4.39 Å². The summed E-state index contributed by atoms with van der Waals surface area (Å²) in [5, 5.41) is 10.2. The van der Waals surface area contributed by atoms with Gasteiger partial charge in [-0.05, 0) is 13.0 Å². The fourth-order valence-corrected chi connectivity index (χ4v) is 2.87. The lowest BCUT2D eigenvalue weighted by atomic mass is 10.1. The summed E-state index contributed by atoms with van der Waals surface area (Å²) in [7, 11) is 1.71. The van der Waals surface area contributed by atoms with Crippen molar-refractivity contribution in [3.05, 3.63) is 35.6 Å². The molecule has 1 saturated heterocycles. The molecule has 118 valence electrons. The van der Waals surface area contributed by atoms with Crippen LogP contribution in [0.15, 0.2) is 24.3 Å². The van der Waals surface area contributed by atoms with Gasteiger partial charge in [0.1, 0.15) is 5.82 Å². The first-order valence-corrected chi connectivity index (χ1v) is 7.49. The molecule has 1 fully saturated rings. The Kier molecular flexibility index (Phi) is 6.11. The van der Waals surface area contributed by atoms with E-state index in [1.807, 2.05) is 0 Å². The Morgan fingerprint density at radius 3 is 2.81 bits per heavy atom. The van der Waals surface area contributed by atoms with Gasteiger partial charge in [-0.3, -0.25) is 9.80 Å². The topological polar surface area (TPSA) is 35.9 Å². The lowest BCUT2D eigenvalue weighted by molar-refractivity contribution is 0.0323. The molecule has 2 rings (SSSR count). The molecule has 0 spiro atoms. The van der Waals surface area contributed by atoms with Crippen LogP contribution in [0.25, 0.3) is 0 Å². The highest BCUT2D eigenvalue weighted by molar-refractivity contribution is 5.20. The zero-order valence-electron chi connectivity index (χ0n) is 12.8. The Labute approximate surface area is 126 Å². The second kappa shape index (κ2) is 7.84. The third kappa shape index (κ3) is 4.48. The van der Waals surface area contributed by atoms with Crippen LogP contribution in [-0.4, -0.2) is 67.4 Å². The van der Waals surface area contributed by atoms with Crippen molar-refractivity contribution in [2.75, 3.05) is 46.4 Å². The van der Waals surface area contributed by atoms with E-state index in [0.29, 0.717) is 18.2 Å². The Morgan fingerprint density at radius 1 is 1.38 bits per heavy atom. The summed E-state index contributed by atoms with van der Waals surface area (Å²) < 4.78 is 18.8. The molecule has 0 amide bonds. The van der Waals surface area contributed by atoms with Crippen molar-refractivity contribution >= 4 is 0 Å². The number of piperazine rings is 1. The molecular formula is C16H25FN2O2. The van der Waals surface area contributed by atoms with Crippen LogP contribution in [0.5, 0.6) is 0 Å². The summed E-state index contributed by atoms with van der Waals surface area (Å²) in [6.45, 7) is 7.05. The van der Waals surface area contributed by atoms with Gasteiger partial charge in [0.15, 0.2) is 0 Å². The van der Waals surface area contributed by atoms with Crippen molar-refractivity contribution in [1.29, 1.82) is 0 Å². The van der Waals surface area contributed by atoms with Gasteiger partial charge in [0.2, 0.25) is 0 Å². The quantitative estimate of drug-likeness (QED) is 0.863. The number of methoxy groups -OCH3 is 1. The molecule has 1 aromatic carbocycles. The molecule has 5 heteroatoms. The summed E-state index contributed by atoms with van der Waals surface area (Å²) in [5.41, 5.74) is 0.381. The summed E-state index contributed by atoms with van der Waals surface area (Å²) in [6, 6.07) is 6.86. The smallest absolute Gasteiger partial charge is 0.129 e. The molecule has 1 aliphatic heterocycles. The monoisotopic (exact) mass is 296 g/mol. The van der Waals surface area contributed by atoms with Crippen LogP contribution in [0.4, 0.5) is 4.39 Å². The Bertz CT molecular complexity index is 444. The second-order valence-corrected chi connectivity index (χ2v) is 5.67. The molecule has 1 heterocycles. The third-order valence-corrected chi connectivity index (χ3v) is 4.13. The minimum atomic E-state index is -0.774. The van der Waals surface area contributed by atoms with E-state index in [0.717, 1.165) is 32.8 Å². The minimum absolute atomic E-state index is 0.336. The van der Waals surface area contributed by atoms with Gasteiger partial charge >= 0.3 is 0 Å². The van der Waals surface area contributed by atoms with Crippen LogP contribution in [0.2, 0.25) is 0 Å². The minimum Gasteiger partial charge on any atom is -0.387 e. The number of nitrogens with zero attached hydrogens (tertiary/aromatic N) is 2. The number of rotatable bonds is 6. The summed E-state index contributed by atoms with van der Waals surface area (Å²) >= 11 is 0. The van der Waals surface area contributed by atoms with Crippen molar-refractivity contribution in [1.82, 2.24) is 9.80 Å². The molecule has 21 heavy (non-hydrogen) atoms. The molecule has 1 aromatic rings. The maximum absolute atomic E-state index is 13.7. The van der Waals surface area contributed by atoms with E-state index in [-0.39, 0.29) is 5.82 Å². The van der Waals surface area contributed by atoms with Gasteiger partial charge < -0.3 is 9.84 Å². The van der Waals surface area contributed by atoms with Crippen molar-refractivity contribution in [2.24, 2.45) is 0 Å². The van der Waals surface area contributed by atoms with E-state index in [9.17, 15) is 9.50 Å². The van der Waals surface area contributed by atoms with Gasteiger partial charge in [-0.15, -0.1) is 0 Å². The number of hydrogen-bond donors (Lipinski definition) is 1. The molecular weight excluding hydrogens is 271 g/mol. The van der Waals surface area contributed by atoms with Crippen LogP contribution >= 0.6 is 0 Å². The maximum atomic E-state index is 13.7. The Morgan fingerprint density at radius 2 is 2.14 bits per heavy atom. The number of aliphatic hydroxyl groups excluding tert-OH is 1. The molecule has 1 aliphatic rings. The first-order valence-electron chi connectivity index (χ1n) is 7.49. The van der Waals surface area contributed by atoms with E-state index in [2.05, 4.69) is 16.7 Å². The zero-order chi connectivity index (χ0) is 15.2. The van der Waals surface area contributed by atoms with Crippen LogP contribution in [0.1, 0.15) is 18.6 Å². The average molecular weight is 296 g/mol. The summed E-state index contributed by atoms with van der Waals surface area (Å²) in [6.07, 6.45) is -0.774. The molecule has 0 aliphatic carbocycles. The van der Waals surface area contributed by atoms with Gasteiger partial charge in [0, 0.05) is 51.4 Å². The first-order chi connectivity index (χ1) is 10.1. The molecule has 2 atom stereocenters. The summed E-state index contributed by atoms with van der Waals surface area (Å²) in [5.74, 6) is -0.336. The second-order valence-electron chi connectivity index (χ2n) is 5.67. The Hall–Kier alpha value is -1.01. The van der Waals surface area contributed by atoms with Crippen LogP contribution in [0.3, 0.4) is 0 Å². The number of benzene rings is 1. The van der Waals surface area contributed by atoms with Crippen molar-refractivity contribution < 1.29 is 14.2 Å². The highest BCUT2D eigenvalue weighted by Gasteiger charge is 2.25. The molecule has 0 saturated carbocycles. The highest BCUT2D eigenvalue weighted by atomic mass is 19.1. The van der Waals surface area contributed by atoms with Gasteiger partial charge in [-0.1, -0.05) is 18.2 Å². The van der Waals surface area contributed by atoms with Crippen LogP contribution in [-0.2, 0) is 4.74 Å². The summed E-state index contributed by atoms with van der Waals surface area (Å²) in [4.78, 5) is 4.58. The van der Waals surface area contributed by atoms with E-state index in [4.69, 9.17) is 4.74 Å². The highest BCUT2D eigenvalue weighted by Crippen LogP contribution is 2.19. The number of halogens is 1.